The number of hydrogen-bond donors (Lipinski definition) is 1. The molecule has 1 fully saturated rings. The van der Waals surface area contributed by atoms with Gasteiger partial charge in [-0.3, -0.25) is 4.79 Å². The highest BCUT2D eigenvalue weighted by molar-refractivity contribution is 8.15. The highest BCUT2D eigenvalue weighted by Gasteiger charge is 2.30. The van der Waals surface area contributed by atoms with Gasteiger partial charge >= 0.3 is 0 Å². The van der Waals surface area contributed by atoms with Crippen LogP contribution in [0.2, 0.25) is 5.02 Å². The van der Waals surface area contributed by atoms with E-state index < -0.39 is 0 Å². The fraction of sp³-hybridized carbons (Fsp3) is 0.100. The molecule has 124 valence electrons. The first kappa shape index (κ1) is 16.2. The van der Waals surface area contributed by atoms with E-state index in [0.29, 0.717) is 16.6 Å². The van der Waals surface area contributed by atoms with Gasteiger partial charge in [0.1, 0.15) is 0 Å². The van der Waals surface area contributed by atoms with E-state index in [1.54, 1.807) is 12.1 Å². The summed E-state index contributed by atoms with van der Waals surface area (Å²) in [6, 6.07) is 21.7. The maximum absolute atomic E-state index is 12.3. The molecule has 1 atom stereocenters. The average molecular weight is 367 g/mol. The summed E-state index contributed by atoms with van der Waals surface area (Å²) < 4.78 is 0. The topological polar surface area (TPSA) is 41.5 Å². The molecule has 25 heavy (non-hydrogen) atoms. The second-order valence-electron chi connectivity index (χ2n) is 5.83. The van der Waals surface area contributed by atoms with Crippen molar-refractivity contribution in [1.29, 1.82) is 0 Å². The number of hydrogen-bond acceptors (Lipinski definition) is 3. The van der Waals surface area contributed by atoms with Gasteiger partial charge in [-0.25, -0.2) is 4.99 Å². The molecule has 3 aromatic rings. The maximum Gasteiger partial charge on any atom is 0.239 e. The Morgan fingerprint density at radius 1 is 1.00 bits per heavy atom. The van der Waals surface area contributed by atoms with Crippen LogP contribution in [0.15, 0.2) is 71.7 Å². The van der Waals surface area contributed by atoms with E-state index in [4.69, 9.17) is 11.6 Å². The monoisotopic (exact) mass is 366 g/mol. The number of carbonyl (C=O) groups excluding carboxylic acids is 1. The first-order valence-electron chi connectivity index (χ1n) is 7.97. The Bertz CT molecular complexity index is 964. The van der Waals surface area contributed by atoms with Crippen LogP contribution in [0.1, 0.15) is 5.56 Å². The molecule has 1 N–H and O–H groups in total. The number of halogens is 1. The first-order chi connectivity index (χ1) is 12.2. The summed E-state index contributed by atoms with van der Waals surface area (Å²) in [6.45, 7) is 0. The standard InChI is InChI=1S/C20H15ClN2OS/c21-15-8-10-16(11-9-15)22-20-23-19(24)18(25-20)12-14-6-3-5-13-4-1-2-7-17(13)14/h1-11,18H,12H2,(H,22,23,24)/t18-/m0/s1. The molecule has 4 rings (SSSR count). The highest BCUT2D eigenvalue weighted by Crippen LogP contribution is 2.28. The molecule has 0 saturated carbocycles. The van der Waals surface area contributed by atoms with Gasteiger partial charge in [0.2, 0.25) is 5.91 Å². The normalized spacial score (nSPS) is 18.7. The SMILES string of the molecule is O=C1NC(=Nc2ccc(Cl)cc2)S[C@H]1Cc1cccc2ccccc12. The molecule has 1 heterocycles. The third-order valence-electron chi connectivity index (χ3n) is 4.12. The van der Waals surface area contributed by atoms with E-state index in [1.165, 1.54) is 28.1 Å². The Hall–Kier alpha value is -2.30. The number of amidine groups is 1. The molecule has 5 heteroatoms. The molecule has 0 radical (unpaired) electrons. The predicted molar refractivity (Wildman–Crippen MR) is 106 cm³/mol. The van der Waals surface area contributed by atoms with Crippen molar-refractivity contribution < 1.29 is 4.79 Å². The van der Waals surface area contributed by atoms with Crippen molar-refractivity contribution in [1.82, 2.24) is 5.32 Å². The van der Waals surface area contributed by atoms with Crippen molar-refractivity contribution >= 4 is 50.9 Å². The summed E-state index contributed by atoms with van der Waals surface area (Å²) in [5.41, 5.74) is 1.96. The summed E-state index contributed by atoms with van der Waals surface area (Å²) >= 11 is 7.37. The lowest BCUT2D eigenvalue weighted by atomic mass is 10.0. The molecule has 1 aliphatic rings. The second kappa shape index (κ2) is 6.90. The quantitative estimate of drug-likeness (QED) is 0.712. The molecular weight excluding hydrogens is 352 g/mol. The number of benzene rings is 3. The van der Waals surface area contributed by atoms with E-state index in [1.807, 2.05) is 30.3 Å². The van der Waals surface area contributed by atoms with Crippen LogP contribution in [-0.4, -0.2) is 16.3 Å². The van der Waals surface area contributed by atoms with E-state index in [0.717, 1.165) is 5.69 Å². The Balaban J connectivity index is 1.55. The van der Waals surface area contributed by atoms with Crippen molar-refractivity contribution in [2.75, 3.05) is 0 Å². The number of nitrogens with zero attached hydrogens (tertiary/aromatic N) is 1. The number of amides is 1. The third-order valence-corrected chi connectivity index (χ3v) is 5.45. The largest absolute Gasteiger partial charge is 0.304 e. The molecular formula is C20H15ClN2OS. The molecule has 0 aliphatic carbocycles. The molecule has 1 amide bonds. The molecule has 1 aliphatic heterocycles. The van der Waals surface area contributed by atoms with Gasteiger partial charge < -0.3 is 5.32 Å². The first-order valence-corrected chi connectivity index (χ1v) is 9.23. The Morgan fingerprint density at radius 2 is 1.76 bits per heavy atom. The molecule has 3 aromatic carbocycles. The molecule has 1 saturated heterocycles. The third kappa shape index (κ3) is 3.55. The van der Waals surface area contributed by atoms with Crippen LogP contribution in [0.3, 0.4) is 0 Å². The zero-order chi connectivity index (χ0) is 17.2. The predicted octanol–water partition coefficient (Wildman–Crippen LogP) is 4.96. The number of aliphatic imine (C=N–C) groups is 1. The minimum Gasteiger partial charge on any atom is -0.304 e. The lowest BCUT2D eigenvalue weighted by Gasteiger charge is -2.09. The van der Waals surface area contributed by atoms with Crippen molar-refractivity contribution in [3.63, 3.8) is 0 Å². The van der Waals surface area contributed by atoms with Crippen LogP contribution < -0.4 is 5.32 Å². The highest BCUT2D eigenvalue weighted by atomic mass is 35.5. The van der Waals surface area contributed by atoms with Gasteiger partial charge in [-0.2, -0.15) is 0 Å². The van der Waals surface area contributed by atoms with Gasteiger partial charge in [0.15, 0.2) is 5.17 Å². The fourth-order valence-electron chi connectivity index (χ4n) is 2.90. The van der Waals surface area contributed by atoms with Crippen LogP contribution in [0.25, 0.3) is 10.8 Å². The van der Waals surface area contributed by atoms with Gasteiger partial charge in [-0.15, -0.1) is 0 Å². The van der Waals surface area contributed by atoms with Crippen molar-refractivity contribution in [3.8, 4) is 0 Å². The molecule has 3 nitrogen and oxygen atoms in total. The summed E-state index contributed by atoms with van der Waals surface area (Å²) in [4.78, 5) is 16.8. The average Bonchev–Trinajstić information content (AvgIpc) is 2.96. The number of thioether (sulfide) groups is 1. The summed E-state index contributed by atoms with van der Waals surface area (Å²) in [5, 5.41) is 6.40. The van der Waals surface area contributed by atoms with E-state index in [9.17, 15) is 4.79 Å². The van der Waals surface area contributed by atoms with Crippen LogP contribution in [0.4, 0.5) is 5.69 Å². The zero-order valence-corrected chi connectivity index (χ0v) is 14.8. The van der Waals surface area contributed by atoms with E-state index in [-0.39, 0.29) is 11.2 Å². The number of fused-ring (bicyclic) bond motifs is 1. The minimum atomic E-state index is -0.170. The van der Waals surface area contributed by atoms with Gasteiger partial charge in [0, 0.05) is 5.02 Å². The van der Waals surface area contributed by atoms with Crippen molar-refractivity contribution in [2.24, 2.45) is 4.99 Å². The second-order valence-corrected chi connectivity index (χ2v) is 7.46. The minimum absolute atomic E-state index is 0.00523. The van der Waals surface area contributed by atoms with E-state index >= 15 is 0 Å². The lowest BCUT2D eigenvalue weighted by Crippen LogP contribution is -2.26. The molecule has 0 aromatic heterocycles. The Labute approximate surface area is 155 Å². The van der Waals surface area contributed by atoms with Crippen LogP contribution in [0.5, 0.6) is 0 Å². The van der Waals surface area contributed by atoms with Gasteiger partial charge in [0.05, 0.1) is 10.9 Å². The number of nitrogens with one attached hydrogen (secondary N) is 1. The fourth-order valence-corrected chi connectivity index (χ4v) is 4.04. The summed E-state index contributed by atoms with van der Waals surface area (Å²) in [7, 11) is 0. The van der Waals surface area contributed by atoms with Crippen LogP contribution in [0, 0.1) is 0 Å². The number of rotatable bonds is 3. The maximum atomic E-state index is 12.3. The van der Waals surface area contributed by atoms with Crippen molar-refractivity contribution in [3.05, 3.63) is 77.3 Å². The van der Waals surface area contributed by atoms with Crippen LogP contribution in [-0.2, 0) is 11.2 Å². The molecule has 0 spiro atoms. The summed E-state index contributed by atoms with van der Waals surface area (Å²) in [5.74, 6) is 0.00523. The summed E-state index contributed by atoms with van der Waals surface area (Å²) in [6.07, 6.45) is 0.678. The van der Waals surface area contributed by atoms with E-state index in [2.05, 4.69) is 34.6 Å². The number of carbonyl (C=O) groups is 1. The van der Waals surface area contributed by atoms with Gasteiger partial charge in [-0.1, -0.05) is 65.8 Å². The van der Waals surface area contributed by atoms with Gasteiger partial charge in [0.25, 0.3) is 0 Å². The molecule has 0 bridgehead atoms. The van der Waals surface area contributed by atoms with Gasteiger partial charge in [-0.05, 0) is 47.0 Å². The van der Waals surface area contributed by atoms with Crippen LogP contribution >= 0.6 is 23.4 Å². The Kier molecular flexibility index (Phi) is 4.47. The lowest BCUT2D eigenvalue weighted by molar-refractivity contribution is -0.118. The Morgan fingerprint density at radius 3 is 2.60 bits per heavy atom. The smallest absolute Gasteiger partial charge is 0.239 e. The zero-order valence-electron chi connectivity index (χ0n) is 13.3. The molecule has 0 unspecified atom stereocenters. The van der Waals surface area contributed by atoms with Crippen molar-refractivity contribution in [2.45, 2.75) is 11.7 Å².